The van der Waals surface area contributed by atoms with E-state index in [-0.39, 0.29) is 18.2 Å². The number of hydrogen-bond acceptors (Lipinski definition) is 4. The summed E-state index contributed by atoms with van der Waals surface area (Å²) in [5, 5.41) is 7.15. The number of rotatable bonds is 7. The standard InChI is InChI=1S/C18H24N4O2/c1-5-22(6-2)12-15(23)19-18-16(13(3)20-21(18)4)17(24)14-10-8-7-9-11-14/h7-11H,5-6,12H2,1-4H3,(H,19,23). The Morgan fingerprint density at radius 2 is 1.79 bits per heavy atom. The van der Waals surface area contributed by atoms with Gasteiger partial charge in [0.25, 0.3) is 0 Å². The smallest absolute Gasteiger partial charge is 0.239 e. The molecule has 0 unspecified atom stereocenters. The molecule has 0 aliphatic heterocycles. The zero-order valence-corrected chi connectivity index (χ0v) is 14.7. The molecule has 128 valence electrons. The van der Waals surface area contributed by atoms with Crippen LogP contribution in [0.4, 0.5) is 5.82 Å². The van der Waals surface area contributed by atoms with E-state index in [0.29, 0.717) is 22.6 Å². The highest BCUT2D eigenvalue weighted by Crippen LogP contribution is 2.22. The Morgan fingerprint density at radius 3 is 2.38 bits per heavy atom. The number of carbonyl (C=O) groups is 2. The quantitative estimate of drug-likeness (QED) is 0.792. The van der Waals surface area contributed by atoms with Gasteiger partial charge in [0, 0.05) is 12.6 Å². The van der Waals surface area contributed by atoms with Gasteiger partial charge in [-0.05, 0) is 20.0 Å². The van der Waals surface area contributed by atoms with Gasteiger partial charge in [-0.15, -0.1) is 0 Å². The van der Waals surface area contributed by atoms with Gasteiger partial charge in [0.1, 0.15) is 5.82 Å². The number of aromatic nitrogens is 2. The highest BCUT2D eigenvalue weighted by atomic mass is 16.2. The lowest BCUT2D eigenvalue weighted by Gasteiger charge is -2.17. The van der Waals surface area contributed by atoms with Crippen molar-refractivity contribution in [2.24, 2.45) is 7.05 Å². The van der Waals surface area contributed by atoms with Crippen molar-refractivity contribution < 1.29 is 9.59 Å². The number of ketones is 1. The molecule has 0 saturated heterocycles. The third-order valence-electron chi connectivity index (χ3n) is 4.00. The average molecular weight is 328 g/mol. The van der Waals surface area contributed by atoms with Crippen molar-refractivity contribution in [3.8, 4) is 0 Å². The summed E-state index contributed by atoms with van der Waals surface area (Å²) >= 11 is 0. The van der Waals surface area contributed by atoms with Crippen LogP contribution in [0.25, 0.3) is 0 Å². The van der Waals surface area contributed by atoms with Gasteiger partial charge in [0.2, 0.25) is 5.91 Å². The van der Waals surface area contributed by atoms with E-state index in [1.54, 1.807) is 30.8 Å². The number of likely N-dealkylation sites (N-methyl/N-ethyl adjacent to an activating group) is 1. The molecule has 2 aromatic rings. The number of anilines is 1. The van der Waals surface area contributed by atoms with E-state index in [4.69, 9.17) is 0 Å². The predicted octanol–water partition coefficient (Wildman–Crippen LogP) is 2.24. The van der Waals surface area contributed by atoms with Crippen LogP contribution in [0, 0.1) is 6.92 Å². The molecule has 0 atom stereocenters. The molecule has 1 N–H and O–H groups in total. The SMILES string of the molecule is CCN(CC)CC(=O)Nc1c(C(=O)c2ccccc2)c(C)nn1C. The number of hydrogen-bond donors (Lipinski definition) is 1. The zero-order chi connectivity index (χ0) is 17.7. The van der Waals surface area contributed by atoms with Crippen LogP contribution in [0.1, 0.15) is 35.5 Å². The number of nitrogens with zero attached hydrogens (tertiary/aromatic N) is 3. The fourth-order valence-corrected chi connectivity index (χ4v) is 2.63. The molecule has 6 nitrogen and oxygen atoms in total. The van der Waals surface area contributed by atoms with Gasteiger partial charge in [-0.25, -0.2) is 0 Å². The fourth-order valence-electron chi connectivity index (χ4n) is 2.63. The molecule has 1 heterocycles. The van der Waals surface area contributed by atoms with Gasteiger partial charge in [-0.2, -0.15) is 5.10 Å². The van der Waals surface area contributed by atoms with Crippen LogP contribution in [-0.2, 0) is 11.8 Å². The van der Waals surface area contributed by atoms with Crippen molar-refractivity contribution in [3.63, 3.8) is 0 Å². The Bertz CT molecular complexity index is 718. The van der Waals surface area contributed by atoms with Crippen molar-refractivity contribution in [2.45, 2.75) is 20.8 Å². The number of nitrogens with one attached hydrogen (secondary N) is 1. The van der Waals surface area contributed by atoms with Crippen LogP contribution >= 0.6 is 0 Å². The van der Waals surface area contributed by atoms with Crippen LogP contribution < -0.4 is 5.32 Å². The first-order valence-corrected chi connectivity index (χ1v) is 8.13. The molecule has 6 heteroatoms. The molecule has 24 heavy (non-hydrogen) atoms. The molecule has 0 aliphatic rings. The minimum atomic E-state index is -0.149. The van der Waals surface area contributed by atoms with Crippen molar-refractivity contribution >= 4 is 17.5 Å². The maximum absolute atomic E-state index is 12.8. The van der Waals surface area contributed by atoms with Gasteiger partial charge >= 0.3 is 0 Å². The van der Waals surface area contributed by atoms with Crippen LogP contribution in [0.15, 0.2) is 30.3 Å². The highest BCUT2D eigenvalue weighted by molar-refractivity contribution is 6.14. The molecule has 0 spiro atoms. The molecule has 0 fully saturated rings. The van der Waals surface area contributed by atoms with Gasteiger partial charge in [-0.1, -0.05) is 44.2 Å². The van der Waals surface area contributed by atoms with Crippen molar-refractivity contribution in [1.82, 2.24) is 14.7 Å². The van der Waals surface area contributed by atoms with Crippen molar-refractivity contribution in [2.75, 3.05) is 25.0 Å². The first-order valence-electron chi connectivity index (χ1n) is 8.13. The lowest BCUT2D eigenvalue weighted by atomic mass is 10.0. The molecule has 0 aliphatic carbocycles. The number of aryl methyl sites for hydroxylation is 2. The van der Waals surface area contributed by atoms with E-state index >= 15 is 0 Å². The summed E-state index contributed by atoms with van der Waals surface area (Å²) in [4.78, 5) is 27.1. The van der Waals surface area contributed by atoms with E-state index in [1.165, 1.54) is 0 Å². The maximum Gasteiger partial charge on any atom is 0.239 e. The first kappa shape index (κ1) is 17.9. The molecule has 0 saturated carbocycles. The summed E-state index contributed by atoms with van der Waals surface area (Å²) in [7, 11) is 1.72. The molecular weight excluding hydrogens is 304 g/mol. The van der Waals surface area contributed by atoms with E-state index in [0.717, 1.165) is 13.1 Å². The predicted molar refractivity (Wildman–Crippen MR) is 94.2 cm³/mol. The monoisotopic (exact) mass is 328 g/mol. The van der Waals surface area contributed by atoms with E-state index in [9.17, 15) is 9.59 Å². The summed E-state index contributed by atoms with van der Waals surface area (Å²) in [6.45, 7) is 7.67. The number of amides is 1. The third-order valence-corrected chi connectivity index (χ3v) is 4.00. The molecule has 0 radical (unpaired) electrons. The summed E-state index contributed by atoms with van der Waals surface area (Å²) in [5.74, 6) is 0.154. The lowest BCUT2D eigenvalue weighted by Crippen LogP contribution is -2.33. The van der Waals surface area contributed by atoms with Crippen molar-refractivity contribution in [1.29, 1.82) is 0 Å². The Labute approximate surface area is 142 Å². The second-order valence-electron chi connectivity index (χ2n) is 5.64. The molecule has 1 aromatic carbocycles. The zero-order valence-electron chi connectivity index (χ0n) is 14.7. The van der Waals surface area contributed by atoms with Gasteiger partial charge in [-0.3, -0.25) is 19.2 Å². The second kappa shape index (κ2) is 7.88. The summed E-state index contributed by atoms with van der Waals surface area (Å²) in [6, 6.07) is 9.02. The summed E-state index contributed by atoms with van der Waals surface area (Å²) in [6.07, 6.45) is 0. The normalized spacial score (nSPS) is 10.9. The maximum atomic E-state index is 12.8. The van der Waals surface area contributed by atoms with Gasteiger partial charge in [0.15, 0.2) is 5.78 Å². The topological polar surface area (TPSA) is 67.2 Å². The number of carbonyl (C=O) groups excluding carboxylic acids is 2. The van der Waals surface area contributed by atoms with E-state index in [1.807, 2.05) is 36.9 Å². The molecular formula is C18H24N4O2. The minimum Gasteiger partial charge on any atom is -0.309 e. The van der Waals surface area contributed by atoms with E-state index in [2.05, 4.69) is 10.4 Å². The molecule has 1 amide bonds. The molecule has 0 bridgehead atoms. The van der Waals surface area contributed by atoms with Crippen LogP contribution in [0.2, 0.25) is 0 Å². The molecule has 2 rings (SSSR count). The van der Waals surface area contributed by atoms with Crippen LogP contribution in [-0.4, -0.2) is 46.0 Å². The second-order valence-corrected chi connectivity index (χ2v) is 5.64. The Morgan fingerprint density at radius 1 is 1.17 bits per heavy atom. The van der Waals surface area contributed by atoms with Crippen molar-refractivity contribution in [3.05, 3.63) is 47.2 Å². The van der Waals surface area contributed by atoms with Gasteiger partial charge in [0.05, 0.1) is 17.8 Å². The Hall–Kier alpha value is -2.47. The lowest BCUT2D eigenvalue weighted by molar-refractivity contribution is -0.117. The Kier molecular flexibility index (Phi) is 5.87. The third kappa shape index (κ3) is 3.89. The van der Waals surface area contributed by atoms with Crippen LogP contribution in [0.3, 0.4) is 0 Å². The summed E-state index contributed by atoms with van der Waals surface area (Å²) < 4.78 is 1.55. The summed E-state index contributed by atoms with van der Waals surface area (Å²) in [5.41, 5.74) is 1.62. The highest BCUT2D eigenvalue weighted by Gasteiger charge is 2.23. The van der Waals surface area contributed by atoms with E-state index < -0.39 is 0 Å². The fraction of sp³-hybridized carbons (Fsp3) is 0.389. The minimum absolute atomic E-state index is 0.140. The first-order chi connectivity index (χ1) is 11.5. The average Bonchev–Trinajstić information content (AvgIpc) is 2.86. The van der Waals surface area contributed by atoms with Gasteiger partial charge < -0.3 is 5.32 Å². The largest absolute Gasteiger partial charge is 0.309 e. The number of benzene rings is 1. The Balaban J connectivity index is 2.28. The molecule has 1 aromatic heterocycles. The van der Waals surface area contributed by atoms with Crippen LogP contribution in [0.5, 0.6) is 0 Å².